The number of aliphatic hydroxyl groups is 1. The average molecular weight is 174 g/mol. The number of benzene rings is 1. The molecule has 68 valence electrons. The Balaban J connectivity index is 2.47. The lowest BCUT2D eigenvalue weighted by atomic mass is 10.0. The summed E-state index contributed by atoms with van der Waals surface area (Å²) < 4.78 is 0. The summed E-state index contributed by atoms with van der Waals surface area (Å²) in [4.78, 5) is 0. The summed E-state index contributed by atoms with van der Waals surface area (Å²) >= 11 is 0. The van der Waals surface area contributed by atoms with Crippen molar-refractivity contribution in [3.8, 4) is 0 Å². The molecule has 0 radical (unpaired) electrons. The van der Waals surface area contributed by atoms with Crippen LogP contribution in [-0.2, 0) is 6.42 Å². The SMILES string of the molecule is C=C(O)c1ccc2c(c1)C(C)CC2. The van der Waals surface area contributed by atoms with Gasteiger partial charge in [-0.1, -0.05) is 25.6 Å². The normalized spacial score (nSPS) is 19.9. The molecule has 1 atom stereocenters. The number of fused-ring (bicyclic) bond motifs is 1. The minimum absolute atomic E-state index is 0.168. The highest BCUT2D eigenvalue weighted by Crippen LogP contribution is 2.33. The Morgan fingerprint density at radius 1 is 1.54 bits per heavy atom. The van der Waals surface area contributed by atoms with Gasteiger partial charge in [0, 0.05) is 5.56 Å². The highest BCUT2D eigenvalue weighted by atomic mass is 16.3. The molecule has 2 rings (SSSR count). The molecule has 0 bridgehead atoms. The van der Waals surface area contributed by atoms with Crippen molar-refractivity contribution < 1.29 is 5.11 Å². The first-order valence-electron chi connectivity index (χ1n) is 4.69. The molecule has 13 heavy (non-hydrogen) atoms. The number of hydrogen-bond donors (Lipinski definition) is 1. The fourth-order valence-electron chi connectivity index (χ4n) is 1.99. The number of hydrogen-bond acceptors (Lipinski definition) is 1. The van der Waals surface area contributed by atoms with E-state index in [1.165, 1.54) is 24.0 Å². The molecule has 1 nitrogen and oxygen atoms in total. The van der Waals surface area contributed by atoms with Crippen LogP contribution in [0.1, 0.15) is 36.0 Å². The minimum atomic E-state index is 0.168. The third-order valence-electron chi connectivity index (χ3n) is 2.86. The van der Waals surface area contributed by atoms with Crippen LogP contribution in [0.5, 0.6) is 0 Å². The second kappa shape index (κ2) is 2.91. The Labute approximate surface area is 78.7 Å². The van der Waals surface area contributed by atoms with Crippen LogP contribution in [0.15, 0.2) is 24.8 Å². The van der Waals surface area contributed by atoms with E-state index in [0.717, 1.165) is 5.56 Å². The Morgan fingerprint density at radius 2 is 2.31 bits per heavy atom. The van der Waals surface area contributed by atoms with Crippen LogP contribution in [0.3, 0.4) is 0 Å². The predicted octanol–water partition coefficient (Wildman–Crippen LogP) is 3.27. The van der Waals surface area contributed by atoms with Gasteiger partial charge in [-0.15, -0.1) is 0 Å². The zero-order chi connectivity index (χ0) is 9.42. The first-order valence-corrected chi connectivity index (χ1v) is 4.69. The average Bonchev–Trinajstić information content (AvgIpc) is 2.47. The summed E-state index contributed by atoms with van der Waals surface area (Å²) in [6, 6.07) is 6.12. The first-order chi connectivity index (χ1) is 6.18. The van der Waals surface area contributed by atoms with E-state index in [0.29, 0.717) is 5.92 Å². The Kier molecular flexibility index (Phi) is 1.87. The van der Waals surface area contributed by atoms with E-state index in [2.05, 4.69) is 25.6 Å². The van der Waals surface area contributed by atoms with E-state index in [1.54, 1.807) is 0 Å². The summed E-state index contributed by atoms with van der Waals surface area (Å²) in [6.45, 7) is 5.76. The second-order valence-electron chi connectivity index (χ2n) is 3.80. The Morgan fingerprint density at radius 3 is 3.00 bits per heavy atom. The maximum Gasteiger partial charge on any atom is 0.115 e. The van der Waals surface area contributed by atoms with Crippen LogP contribution in [0, 0.1) is 0 Å². The summed E-state index contributed by atoms with van der Waals surface area (Å²) in [7, 11) is 0. The zero-order valence-electron chi connectivity index (χ0n) is 7.88. The number of rotatable bonds is 1. The van der Waals surface area contributed by atoms with Gasteiger partial charge in [0.05, 0.1) is 0 Å². The molecule has 1 aromatic carbocycles. The van der Waals surface area contributed by atoms with E-state index in [1.807, 2.05) is 6.07 Å². The molecule has 0 fully saturated rings. The van der Waals surface area contributed by atoms with Crippen molar-refractivity contribution in [1.82, 2.24) is 0 Å². The molecule has 0 spiro atoms. The van der Waals surface area contributed by atoms with E-state index >= 15 is 0 Å². The van der Waals surface area contributed by atoms with Crippen LogP contribution in [0.25, 0.3) is 5.76 Å². The molecule has 1 unspecified atom stereocenters. The second-order valence-corrected chi connectivity index (χ2v) is 3.80. The van der Waals surface area contributed by atoms with Crippen LogP contribution >= 0.6 is 0 Å². The van der Waals surface area contributed by atoms with E-state index < -0.39 is 0 Å². The standard InChI is InChI=1S/C12H14O/c1-8-3-4-10-5-6-11(9(2)13)7-12(8)10/h5-8,13H,2-4H2,1H3. The maximum absolute atomic E-state index is 9.25. The van der Waals surface area contributed by atoms with Crippen molar-refractivity contribution in [3.05, 3.63) is 41.5 Å². The smallest absolute Gasteiger partial charge is 0.115 e. The topological polar surface area (TPSA) is 20.2 Å². The molecule has 1 aliphatic rings. The van der Waals surface area contributed by atoms with E-state index in [4.69, 9.17) is 0 Å². The van der Waals surface area contributed by atoms with E-state index in [9.17, 15) is 5.11 Å². The van der Waals surface area contributed by atoms with Crippen molar-refractivity contribution in [2.45, 2.75) is 25.7 Å². The first kappa shape index (κ1) is 8.36. The van der Waals surface area contributed by atoms with Gasteiger partial charge < -0.3 is 5.11 Å². The van der Waals surface area contributed by atoms with Gasteiger partial charge in [-0.05, 0) is 36.0 Å². The Hall–Kier alpha value is -1.24. The number of aliphatic hydroxyl groups excluding tert-OH is 1. The lowest BCUT2D eigenvalue weighted by Crippen LogP contribution is -1.89. The molecule has 0 saturated heterocycles. The molecule has 1 aromatic rings. The van der Waals surface area contributed by atoms with Crippen molar-refractivity contribution in [2.75, 3.05) is 0 Å². The number of aryl methyl sites for hydroxylation is 1. The van der Waals surface area contributed by atoms with Crippen molar-refractivity contribution in [2.24, 2.45) is 0 Å². The van der Waals surface area contributed by atoms with Crippen molar-refractivity contribution in [3.63, 3.8) is 0 Å². The van der Waals surface area contributed by atoms with Crippen molar-refractivity contribution >= 4 is 5.76 Å². The van der Waals surface area contributed by atoms with Gasteiger partial charge in [0.15, 0.2) is 0 Å². The highest BCUT2D eigenvalue weighted by molar-refractivity contribution is 5.58. The summed E-state index contributed by atoms with van der Waals surface area (Å²) in [5.74, 6) is 0.802. The predicted molar refractivity (Wildman–Crippen MR) is 54.8 cm³/mol. The van der Waals surface area contributed by atoms with Gasteiger partial charge in [-0.3, -0.25) is 0 Å². The lowest BCUT2D eigenvalue weighted by molar-refractivity contribution is 0.513. The molecule has 1 aliphatic carbocycles. The van der Waals surface area contributed by atoms with Gasteiger partial charge in [-0.25, -0.2) is 0 Å². The minimum Gasteiger partial charge on any atom is -0.508 e. The van der Waals surface area contributed by atoms with Gasteiger partial charge in [-0.2, -0.15) is 0 Å². The summed E-state index contributed by atoms with van der Waals surface area (Å²) in [5, 5.41) is 9.25. The quantitative estimate of drug-likeness (QED) is 0.648. The fraction of sp³-hybridized carbons (Fsp3) is 0.333. The molecule has 0 heterocycles. The monoisotopic (exact) mass is 174 g/mol. The molecule has 1 N–H and O–H groups in total. The molecule has 0 aromatic heterocycles. The molecular weight excluding hydrogens is 160 g/mol. The van der Waals surface area contributed by atoms with Gasteiger partial charge in [0.2, 0.25) is 0 Å². The van der Waals surface area contributed by atoms with Gasteiger partial charge in [0.1, 0.15) is 5.76 Å². The molecule has 0 aliphatic heterocycles. The summed E-state index contributed by atoms with van der Waals surface area (Å²) in [5.41, 5.74) is 3.66. The van der Waals surface area contributed by atoms with Crippen molar-refractivity contribution in [1.29, 1.82) is 0 Å². The Bertz CT molecular complexity index is 352. The molecule has 0 saturated carbocycles. The molecular formula is C12H14O. The van der Waals surface area contributed by atoms with Crippen LogP contribution in [0.4, 0.5) is 0 Å². The summed E-state index contributed by atoms with van der Waals surface area (Å²) in [6.07, 6.45) is 2.41. The van der Waals surface area contributed by atoms with Crippen LogP contribution in [-0.4, -0.2) is 5.11 Å². The largest absolute Gasteiger partial charge is 0.508 e. The zero-order valence-corrected chi connectivity index (χ0v) is 7.88. The fourth-order valence-corrected chi connectivity index (χ4v) is 1.99. The van der Waals surface area contributed by atoms with Gasteiger partial charge in [0.25, 0.3) is 0 Å². The van der Waals surface area contributed by atoms with Gasteiger partial charge >= 0.3 is 0 Å². The van der Waals surface area contributed by atoms with Crippen LogP contribution < -0.4 is 0 Å². The lowest BCUT2D eigenvalue weighted by Gasteiger charge is -2.06. The highest BCUT2D eigenvalue weighted by Gasteiger charge is 2.18. The van der Waals surface area contributed by atoms with E-state index in [-0.39, 0.29) is 5.76 Å². The maximum atomic E-state index is 9.25. The molecule has 1 heteroatoms. The third-order valence-corrected chi connectivity index (χ3v) is 2.86. The van der Waals surface area contributed by atoms with Crippen LogP contribution in [0.2, 0.25) is 0 Å². The third kappa shape index (κ3) is 1.35. The molecule has 0 amide bonds.